The number of benzene rings is 1. The maximum Gasteiger partial charge on any atom is 0.244 e. The van der Waals surface area contributed by atoms with Gasteiger partial charge in [-0.15, -0.1) is 10.2 Å². The second-order valence-corrected chi connectivity index (χ2v) is 9.73. The molecule has 196 valence electrons. The van der Waals surface area contributed by atoms with E-state index in [4.69, 9.17) is 9.47 Å². The standard InChI is InChI=1S/C25H30F2N8O2/c1-3-25(27)15-33(17-13-37-14-17)12-21(25)28-24-29-23(36-2)22-18(7-10-35(22)31-24)16-5-6-19-20(11-16)34(32-30-19)9-4-8-26/h5-7,10-11,17,21H,3-4,8-9,12-15H2,1-2H3,(H,28,31)/t21-,25?/m1/s1. The molecule has 2 fully saturated rings. The molecule has 37 heavy (non-hydrogen) atoms. The van der Waals surface area contributed by atoms with Crippen LogP contribution in [0.25, 0.3) is 27.7 Å². The molecule has 4 aromatic rings. The Hall–Kier alpha value is -3.38. The molecule has 0 spiro atoms. The molecule has 2 atom stereocenters. The van der Waals surface area contributed by atoms with Crippen LogP contribution in [0.4, 0.5) is 14.7 Å². The second-order valence-electron chi connectivity index (χ2n) is 9.73. The molecule has 0 amide bonds. The van der Waals surface area contributed by atoms with E-state index in [1.165, 1.54) is 0 Å². The summed E-state index contributed by atoms with van der Waals surface area (Å²) in [6.07, 6.45) is 2.60. The minimum atomic E-state index is -1.39. The molecule has 6 rings (SSSR count). The van der Waals surface area contributed by atoms with E-state index in [1.54, 1.807) is 16.3 Å². The maximum atomic E-state index is 15.8. The average molecular weight is 513 g/mol. The second kappa shape index (κ2) is 9.49. The number of nitrogens with zero attached hydrogens (tertiary/aromatic N) is 7. The quantitative estimate of drug-likeness (QED) is 0.366. The Morgan fingerprint density at radius 3 is 2.86 bits per heavy atom. The highest BCUT2D eigenvalue weighted by atomic mass is 19.1. The molecular weight excluding hydrogens is 482 g/mol. The summed E-state index contributed by atoms with van der Waals surface area (Å²) in [7, 11) is 1.56. The van der Waals surface area contributed by atoms with Gasteiger partial charge in [0.2, 0.25) is 11.8 Å². The maximum absolute atomic E-state index is 15.8. The Morgan fingerprint density at radius 1 is 1.27 bits per heavy atom. The first kappa shape index (κ1) is 24.0. The summed E-state index contributed by atoms with van der Waals surface area (Å²) in [5.74, 6) is 0.687. The van der Waals surface area contributed by atoms with Crippen LogP contribution in [0.15, 0.2) is 30.5 Å². The molecule has 5 heterocycles. The van der Waals surface area contributed by atoms with Crippen LogP contribution in [0, 0.1) is 0 Å². The number of halogens is 2. The Kier molecular flexibility index (Phi) is 6.15. The number of fused-ring (bicyclic) bond motifs is 2. The zero-order valence-corrected chi connectivity index (χ0v) is 20.9. The molecule has 2 aliphatic heterocycles. The summed E-state index contributed by atoms with van der Waals surface area (Å²) in [6, 6.07) is 7.57. The molecular formula is C25H30F2N8O2. The van der Waals surface area contributed by atoms with Crippen molar-refractivity contribution in [3.05, 3.63) is 30.5 Å². The van der Waals surface area contributed by atoms with Gasteiger partial charge >= 0.3 is 0 Å². The summed E-state index contributed by atoms with van der Waals surface area (Å²) in [5.41, 5.74) is 2.64. The van der Waals surface area contributed by atoms with Crippen molar-refractivity contribution >= 4 is 22.5 Å². The van der Waals surface area contributed by atoms with Crippen molar-refractivity contribution < 1.29 is 18.3 Å². The number of methoxy groups -OCH3 is 1. The van der Waals surface area contributed by atoms with Gasteiger partial charge in [0.1, 0.15) is 16.7 Å². The molecule has 0 aliphatic carbocycles. The topological polar surface area (TPSA) is 94.6 Å². The predicted octanol–water partition coefficient (Wildman–Crippen LogP) is 3.12. The Balaban J connectivity index is 1.32. The normalized spacial score (nSPS) is 22.6. The number of anilines is 1. The van der Waals surface area contributed by atoms with Gasteiger partial charge in [-0.1, -0.05) is 18.2 Å². The molecule has 2 saturated heterocycles. The molecule has 0 radical (unpaired) electrons. The highest BCUT2D eigenvalue weighted by molar-refractivity contribution is 5.89. The third-order valence-electron chi connectivity index (χ3n) is 7.54. The molecule has 10 nitrogen and oxygen atoms in total. The molecule has 1 N–H and O–H groups in total. The number of aromatic nitrogens is 6. The number of hydrogen-bond donors (Lipinski definition) is 1. The van der Waals surface area contributed by atoms with Gasteiger partial charge < -0.3 is 14.8 Å². The first-order valence-corrected chi connectivity index (χ1v) is 12.6. The molecule has 1 unspecified atom stereocenters. The highest BCUT2D eigenvalue weighted by Crippen LogP contribution is 2.36. The molecule has 0 bridgehead atoms. The van der Waals surface area contributed by atoms with Crippen molar-refractivity contribution in [2.45, 2.75) is 44.1 Å². The van der Waals surface area contributed by atoms with Gasteiger partial charge in [-0.2, -0.15) is 4.98 Å². The minimum Gasteiger partial charge on any atom is -0.479 e. The number of hydrogen-bond acceptors (Lipinski definition) is 8. The van der Waals surface area contributed by atoms with Crippen molar-refractivity contribution in [1.29, 1.82) is 0 Å². The van der Waals surface area contributed by atoms with Crippen molar-refractivity contribution in [2.75, 3.05) is 45.4 Å². The van der Waals surface area contributed by atoms with E-state index in [0.29, 0.717) is 63.0 Å². The van der Waals surface area contributed by atoms with Crippen LogP contribution < -0.4 is 10.1 Å². The summed E-state index contributed by atoms with van der Waals surface area (Å²) in [5, 5.41) is 16.2. The van der Waals surface area contributed by atoms with Crippen molar-refractivity contribution in [3.63, 3.8) is 0 Å². The lowest BCUT2D eigenvalue weighted by Crippen LogP contribution is -2.48. The van der Waals surface area contributed by atoms with E-state index in [-0.39, 0.29) is 6.04 Å². The summed E-state index contributed by atoms with van der Waals surface area (Å²) < 4.78 is 42.9. The number of likely N-dealkylation sites (tertiary alicyclic amines) is 1. The van der Waals surface area contributed by atoms with Crippen LogP contribution in [0.3, 0.4) is 0 Å². The third-order valence-corrected chi connectivity index (χ3v) is 7.54. The van der Waals surface area contributed by atoms with Gasteiger partial charge in [-0.05, 0) is 36.6 Å². The van der Waals surface area contributed by atoms with Gasteiger partial charge in [0.25, 0.3) is 0 Å². The van der Waals surface area contributed by atoms with E-state index < -0.39 is 18.4 Å². The first-order chi connectivity index (χ1) is 18.0. The predicted molar refractivity (Wildman–Crippen MR) is 134 cm³/mol. The van der Waals surface area contributed by atoms with Crippen LogP contribution in [-0.4, -0.2) is 92.3 Å². The first-order valence-electron chi connectivity index (χ1n) is 12.6. The fraction of sp³-hybridized carbons (Fsp3) is 0.520. The summed E-state index contributed by atoms with van der Waals surface area (Å²) >= 11 is 0. The lowest BCUT2D eigenvalue weighted by atomic mass is 9.97. The molecule has 12 heteroatoms. The molecule has 1 aromatic carbocycles. The monoisotopic (exact) mass is 512 g/mol. The SMILES string of the molecule is CCC1(F)CN(C2COC2)C[C@H]1Nc1nc(OC)c2c(-c3ccc4nnn(CCCF)c4c3)ccn2n1. The van der Waals surface area contributed by atoms with Crippen LogP contribution in [0.1, 0.15) is 19.8 Å². The summed E-state index contributed by atoms with van der Waals surface area (Å²) in [4.78, 5) is 6.76. The van der Waals surface area contributed by atoms with Gasteiger partial charge in [-0.3, -0.25) is 9.29 Å². The van der Waals surface area contributed by atoms with E-state index in [0.717, 1.165) is 22.2 Å². The van der Waals surface area contributed by atoms with Crippen molar-refractivity contribution in [3.8, 4) is 17.0 Å². The number of ether oxygens (including phenoxy) is 2. The van der Waals surface area contributed by atoms with E-state index in [9.17, 15) is 4.39 Å². The number of alkyl halides is 2. The van der Waals surface area contributed by atoms with E-state index in [2.05, 4.69) is 30.6 Å². The van der Waals surface area contributed by atoms with E-state index in [1.807, 2.05) is 37.4 Å². The zero-order valence-electron chi connectivity index (χ0n) is 20.9. The highest BCUT2D eigenvalue weighted by Gasteiger charge is 2.49. The fourth-order valence-electron chi connectivity index (χ4n) is 5.25. The Morgan fingerprint density at radius 2 is 2.14 bits per heavy atom. The van der Waals surface area contributed by atoms with Crippen LogP contribution in [0.2, 0.25) is 0 Å². The van der Waals surface area contributed by atoms with Gasteiger partial charge in [-0.25, -0.2) is 13.6 Å². The fourth-order valence-corrected chi connectivity index (χ4v) is 5.25. The largest absolute Gasteiger partial charge is 0.479 e. The molecule has 3 aromatic heterocycles. The number of rotatable bonds is 9. The Labute approximate surface area is 212 Å². The molecule has 0 saturated carbocycles. The van der Waals surface area contributed by atoms with E-state index >= 15 is 4.39 Å². The van der Waals surface area contributed by atoms with Crippen molar-refractivity contribution in [2.24, 2.45) is 0 Å². The lowest BCUT2D eigenvalue weighted by Gasteiger charge is -2.34. The zero-order chi connectivity index (χ0) is 25.6. The smallest absolute Gasteiger partial charge is 0.244 e. The van der Waals surface area contributed by atoms with Crippen LogP contribution in [-0.2, 0) is 11.3 Å². The van der Waals surface area contributed by atoms with Gasteiger partial charge in [0.15, 0.2) is 0 Å². The minimum absolute atomic E-state index is 0.263. The van der Waals surface area contributed by atoms with Crippen LogP contribution >= 0.6 is 0 Å². The average Bonchev–Trinajstić information content (AvgIpc) is 3.57. The van der Waals surface area contributed by atoms with Gasteiger partial charge in [0, 0.05) is 31.4 Å². The molecule has 2 aliphatic rings. The van der Waals surface area contributed by atoms with Gasteiger partial charge in [0.05, 0.1) is 44.6 Å². The summed E-state index contributed by atoms with van der Waals surface area (Å²) in [6.45, 7) is 4.13. The Bertz CT molecular complexity index is 1420. The van der Waals surface area contributed by atoms with Crippen LogP contribution in [0.5, 0.6) is 5.88 Å². The third kappa shape index (κ3) is 4.17. The lowest BCUT2D eigenvalue weighted by molar-refractivity contribution is -0.0613. The number of aryl methyl sites for hydroxylation is 1. The number of nitrogens with one attached hydrogen (secondary N) is 1. The van der Waals surface area contributed by atoms with Crippen molar-refractivity contribution in [1.82, 2.24) is 34.5 Å².